The van der Waals surface area contributed by atoms with Gasteiger partial charge in [0.2, 0.25) is 5.91 Å². The van der Waals surface area contributed by atoms with Crippen LogP contribution in [-0.4, -0.2) is 42.4 Å². The summed E-state index contributed by atoms with van der Waals surface area (Å²) in [7, 11) is 0. The molecule has 4 amide bonds. The van der Waals surface area contributed by atoms with E-state index < -0.39 is 30.0 Å². The average Bonchev–Trinajstić information content (AvgIpc) is 2.72. The van der Waals surface area contributed by atoms with Gasteiger partial charge in [-0.1, -0.05) is 12.1 Å². The summed E-state index contributed by atoms with van der Waals surface area (Å²) in [5.74, 6) is -1.11. The fourth-order valence-corrected chi connectivity index (χ4v) is 2.40. The molecule has 1 atom stereocenters. The van der Waals surface area contributed by atoms with Gasteiger partial charge in [-0.15, -0.1) is 0 Å². The van der Waals surface area contributed by atoms with Crippen LogP contribution in [0, 0.1) is 0 Å². The quantitative estimate of drug-likeness (QED) is 0.761. The van der Waals surface area contributed by atoms with E-state index in [4.69, 9.17) is 0 Å². The van der Waals surface area contributed by atoms with E-state index in [0.29, 0.717) is 12.1 Å². The minimum absolute atomic E-state index is 0.0618. The van der Waals surface area contributed by atoms with E-state index in [9.17, 15) is 23.2 Å². The van der Waals surface area contributed by atoms with Crippen LogP contribution >= 0.6 is 0 Å². The number of hydrogen-bond donors (Lipinski definition) is 2. The Balaban J connectivity index is 2.19. The Morgan fingerprint density at radius 2 is 1.96 bits per heavy atom. The van der Waals surface area contributed by atoms with Crippen LogP contribution in [0.3, 0.4) is 0 Å². The van der Waals surface area contributed by atoms with Gasteiger partial charge in [-0.25, -0.2) is 4.79 Å². The third-order valence-corrected chi connectivity index (χ3v) is 3.61. The summed E-state index contributed by atoms with van der Waals surface area (Å²) in [5.41, 5.74) is -0.992. The van der Waals surface area contributed by atoms with Crippen molar-refractivity contribution in [3.05, 3.63) is 29.8 Å². The molecule has 0 saturated carbocycles. The van der Waals surface area contributed by atoms with E-state index in [1.165, 1.54) is 31.2 Å². The van der Waals surface area contributed by atoms with Crippen molar-refractivity contribution in [3.63, 3.8) is 0 Å². The second-order valence-corrected chi connectivity index (χ2v) is 5.30. The van der Waals surface area contributed by atoms with Gasteiger partial charge in [0.15, 0.2) is 0 Å². The molecule has 130 valence electrons. The number of carbonyl (C=O) groups excluding carboxylic acids is 3. The number of rotatable bonds is 6. The molecule has 1 unspecified atom stereocenters. The minimum atomic E-state index is -2.95. The largest absolute Gasteiger partial charge is 0.435 e. The van der Waals surface area contributed by atoms with E-state index in [1.54, 1.807) is 6.92 Å². The zero-order valence-corrected chi connectivity index (χ0v) is 13.1. The molecule has 1 fully saturated rings. The van der Waals surface area contributed by atoms with Crippen molar-refractivity contribution in [1.29, 1.82) is 0 Å². The van der Waals surface area contributed by atoms with E-state index in [0.717, 1.165) is 4.90 Å². The number of ether oxygens (including phenoxy) is 1. The number of nitrogens with zero attached hydrogens (tertiary/aromatic N) is 1. The number of likely N-dealkylation sites (N-methyl/N-ethyl adjacent to an activating group) is 1. The first-order chi connectivity index (χ1) is 11.3. The van der Waals surface area contributed by atoms with Crippen molar-refractivity contribution in [2.45, 2.75) is 26.0 Å². The number of halogens is 2. The Hall–Kier alpha value is -2.71. The van der Waals surface area contributed by atoms with Crippen LogP contribution in [0.5, 0.6) is 5.75 Å². The second-order valence-electron chi connectivity index (χ2n) is 5.30. The highest BCUT2D eigenvalue weighted by Gasteiger charge is 2.49. The van der Waals surface area contributed by atoms with Crippen LogP contribution < -0.4 is 15.4 Å². The Bertz CT molecular complexity index is 651. The molecule has 2 rings (SSSR count). The number of nitrogens with one attached hydrogen (secondary N) is 2. The van der Waals surface area contributed by atoms with Gasteiger partial charge >= 0.3 is 12.6 Å². The van der Waals surface area contributed by atoms with Gasteiger partial charge in [0.25, 0.3) is 5.91 Å². The standard InChI is InChI=1S/C15H17F2N3O4/c1-3-18-11(21)8-20-12(22)15(2,19-14(20)23)9-4-6-10(7-5-9)24-13(16)17/h4-7,13H,3,8H2,1-2H3,(H,18,21)(H,19,23). The fraction of sp³-hybridized carbons (Fsp3) is 0.400. The molecule has 2 N–H and O–H groups in total. The van der Waals surface area contributed by atoms with Crippen LogP contribution in [0.1, 0.15) is 19.4 Å². The monoisotopic (exact) mass is 341 g/mol. The molecule has 7 nitrogen and oxygen atoms in total. The molecule has 1 aromatic carbocycles. The molecule has 0 aromatic heterocycles. The highest BCUT2D eigenvalue weighted by molar-refractivity contribution is 6.09. The average molecular weight is 341 g/mol. The van der Waals surface area contributed by atoms with Crippen molar-refractivity contribution in [1.82, 2.24) is 15.5 Å². The molecule has 0 spiro atoms. The summed E-state index contributed by atoms with van der Waals surface area (Å²) in [4.78, 5) is 37.0. The van der Waals surface area contributed by atoms with Gasteiger partial charge in [0.1, 0.15) is 17.8 Å². The van der Waals surface area contributed by atoms with Gasteiger partial charge in [0, 0.05) is 6.54 Å². The van der Waals surface area contributed by atoms with Gasteiger partial charge in [0.05, 0.1) is 0 Å². The molecule has 1 aliphatic rings. The summed E-state index contributed by atoms with van der Waals surface area (Å²) in [5, 5.41) is 5.03. The predicted octanol–water partition coefficient (Wildman–Crippen LogP) is 1.19. The highest BCUT2D eigenvalue weighted by atomic mass is 19.3. The molecule has 0 aliphatic carbocycles. The summed E-state index contributed by atoms with van der Waals surface area (Å²) in [6.45, 7) is 0.239. The molecule has 1 aliphatic heterocycles. The van der Waals surface area contributed by atoms with Crippen molar-refractivity contribution >= 4 is 17.8 Å². The third-order valence-electron chi connectivity index (χ3n) is 3.61. The number of benzene rings is 1. The van der Waals surface area contributed by atoms with E-state index in [1.807, 2.05) is 0 Å². The lowest BCUT2D eigenvalue weighted by atomic mass is 9.92. The Morgan fingerprint density at radius 3 is 2.50 bits per heavy atom. The van der Waals surface area contributed by atoms with Crippen LogP contribution in [-0.2, 0) is 15.1 Å². The van der Waals surface area contributed by atoms with Gasteiger partial charge in [-0.3, -0.25) is 14.5 Å². The van der Waals surface area contributed by atoms with Crippen molar-refractivity contribution in [2.75, 3.05) is 13.1 Å². The molecule has 0 radical (unpaired) electrons. The molecule has 1 aromatic rings. The van der Waals surface area contributed by atoms with Crippen LogP contribution in [0.4, 0.5) is 13.6 Å². The smallest absolute Gasteiger partial charge is 0.387 e. The number of hydrogen-bond acceptors (Lipinski definition) is 4. The third kappa shape index (κ3) is 3.44. The van der Waals surface area contributed by atoms with Gasteiger partial charge in [-0.2, -0.15) is 8.78 Å². The van der Waals surface area contributed by atoms with Crippen molar-refractivity contribution in [2.24, 2.45) is 0 Å². The highest BCUT2D eigenvalue weighted by Crippen LogP contribution is 2.30. The van der Waals surface area contributed by atoms with E-state index in [2.05, 4.69) is 15.4 Å². The first kappa shape index (κ1) is 17.6. The fourth-order valence-electron chi connectivity index (χ4n) is 2.40. The molecular weight excluding hydrogens is 324 g/mol. The summed E-state index contributed by atoms with van der Waals surface area (Å²) in [6, 6.07) is 4.68. The molecule has 24 heavy (non-hydrogen) atoms. The zero-order valence-electron chi connectivity index (χ0n) is 13.1. The lowest BCUT2D eigenvalue weighted by molar-refractivity contribution is -0.134. The SMILES string of the molecule is CCNC(=O)CN1C(=O)NC(C)(c2ccc(OC(F)F)cc2)C1=O. The predicted molar refractivity (Wildman–Crippen MR) is 79.4 cm³/mol. The lowest BCUT2D eigenvalue weighted by Gasteiger charge is -2.22. The molecule has 1 heterocycles. The van der Waals surface area contributed by atoms with E-state index >= 15 is 0 Å². The maximum atomic E-state index is 12.6. The van der Waals surface area contributed by atoms with E-state index in [-0.39, 0.29) is 12.3 Å². The van der Waals surface area contributed by atoms with Crippen LogP contribution in [0.15, 0.2) is 24.3 Å². The number of amides is 4. The van der Waals surface area contributed by atoms with Gasteiger partial charge < -0.3 is 15.4 Å². The maximum absolute atomic E-state index is 12.6. The Morgan fingerprint density at radius 1 is 1.33 bits per heavy atom. The normalized spacial score (nSPS) is 20.3. The molecular formula is C15H17F2N3O4. The first-order valence-corrected chi connectivity index (χ1v) is 7.24. The maximum Gasteiger partial charge on any atom is 0.387 e. The Labute approximate surface area is 136 Å². The van der Waals surface area contributed by atoms with Crippen molar-refractivity contribution < 1.29 is 27.9 Å². The minimum Gasteiger partial charge on any atom is -0.435 e. The topological polar surface area (TPSA) is 87.7 Å². The van der Waals surface area contributed by atoms with Crippen LogP contribution in [0.2, 0.25) is 0 Å². The number of urea groups is 1. The van der Waals surface area contributed by atoms with Crippen LogP contribution in [0.25, 0.3) is 0 Å². The van der Waals surface area contributed by atoms with Crippen molar-refractivity contribution in [3.8, 4) is 5.75 Å². The zero-order chi connectivity index (χ0) is 17.9. The number of carbonyl (C=O) groups is 3. The molecule has 0 bridgehead atoms. The van der Waals surface area contributed by atoms with Gasteiger partial charge in [-0.05, 0) is 31.5 Å². The Kier molecular flexibility index (Phi) is 5.01. The first-order valence-electron chi connectivity index (χ1n) is 7.24. The lowest BCUT2D eigenvalue weighted by Crippen LogP contribution is -2.43. The summed E-state index contributed by atoms with van der Waals surface area (Å²) < 4.78 is 28.6. The second kappa shape index (κ2) is 6.81. The number of imide groups is 1. The molecule has 1 saturated heterocycles. The number of alkyl halides is 2. The molecule has 9 heteroatoms. The summed E-state index contributed by atoms with van der Waals surface area (Å²) in [6.07, 6.45) is 0. The summed E-state index contributed by atoms with van der Waals surface area (Å²) >= 11 is 0.